The predicted octanol–water partition coefficient (Wildman–Crippen LogP) is 2.68. The quantitative estimate of drug-likeness (QED) is 0.344. The molecule has 2 atom stereocenters. The number of hydrogen-bond acceptors (Lipinski definition) is 3. The summed E-state index contributed by atoms with van der Waals surface area (Å²) in [6, 6.07) is 0. The molecule has 0 aliphatic heterocycles. The van der Waals surface area contributed by atoms with Crippen molar-refractivity contribution < 1.29 is 14.3 Å². The highest BCUT2D eigenvalue weighted by molar-refractivity contribution is 6.74. The van der Waals surface area contributed by atoms with Gasteiger partial charge >= 0.3 is 0 Å². The molecule has 0 radical (unpaired) electrons. The highest BCUT2D eigenvalue weighted by Crippen LogP contribution is 2.37. The number of aliphatic hydroxyl groups is 1. The van der Waals surface area contributed by atoms with E-state index in [4.69, 9.17) is 4.43 Å². The lowest BCUT2D eigenvalue weighted by atomic mass is 10.2. The van der Waals surface area contributed by atoms with Crippen molar-refractivity contribution in [2.75, 3.05) is 0 Å². The normalized spacial score (nSPS) is 16.8. The minimum Gasteiger partial charge on any atom is -0.408 e. The molecule has 17 heavy (non-hydrogen) atoms. The highest BCUT2D eigenvalue weighted by Gasteiger charge is 2.39. The summed E-state index contributed by atoms with van der Waals surface area (Å²) in [7, 11) is -1.94. The summed E-state index contributed by atoms with van der Waals surface area (Å²) in [6.07, 6.45) is 3.62. The summed E-state index contributed by atoms with van der Waals surface area (Å²) in [4.78, 5) is 10.2. The first-order valence-electron chi connectivity index (χ1n) is 5.76. The van der Waals surface area contributed by atoms with Gasteiger partial charge in [0, 0.05) is 0 Å². The molecule has 0 saturated carbocycles. The third-order valence-electron chi connectivity index (χ3n) is 3.19. The predicted molar refractivity (Wildman–Crippen MR) is 73.5 cm³/mol. The monoisotopic (exact) mass is 256 g/mol. The third kappa shape index (κ3) is 4.98. The minimum absolute atomic E-state index is 0.0718. The van der Waals surface area contributed by atoms with E-state index < -0.39 is 20.5 Å². The zero-order chi connectivity index (χ0) is 13.7. The highest BCUT2D eigenvalue weighted by atomic mass is 28.4. The van der Waals surface area contributed by atoms with Gasteiger partial charge < -0.3 is 9.53 Å². The van der Waals surface area contributed by atoms with E-state index in [0.717, 1.165) is 0 Å². The molecule has 0 fully saturated rings. The fourth-order valence-electron chi connectivity index (χ4n) is 1.04. The van der Waals surface area contributed by atoms with Crippen molar-refractivity contribution in [3.8, 4) is 0 Å². The summed E-state index contributed by atoms with van der Waals surface area (Å²) < 4.78 is 6.01. The number of carbonyl (C=O) groups excluding carboxylic acids is 1. The average Bonchev–Trinajstić information content (AvgIpc) is 2.20. The minimum atomic E-state index is -1.94. The molecule has 0 aliphatic rings. The largest absolute Gasteiger partial charge is 0.408 e. The molecule has 4 heteroatoms. The van der Waals surface area contributed by atoms with Crippen molar-refractivity contribution >= 4 is 14.6 Å². The fraction of sp³-hybridized carbons (Fsp3) is 0.615. The Morgan fingerprint density at radius 3 is 2.24 bits per heavy atom. The van der Waals surface area contributed by atoms with E-state index in [1.54, 1.807) is 6.08 Å². The molecule has 0 aromatic rings. The molecule has 0 heterocycles. The molecular weight excluding hydrogens is 232 g/mol. The van der Waals surface area contributed by atoms with Gasteiger partial charge in [0.2, 0.25) is 0 Å². The van der Waals surface area contributed by atoms with Gasteiger partial charge in [0.05, 0.1) is 6.10 Å². The van der Waals surface area contributed by atoms with E-state index in [1.807, 2.05) is 0 Å². The van der Waals surface area contributed by atoms with Crippen LogP contribution < -0.4 is 0 Å². The van der Waals surface area contributed by atoms with E-state index in [0.29, 0.717) is 6.29 Å². The summed E-state index contributed by atoms with van der Waals surface area (Å²) in [5, 5.41) is 9.92. The lowest BCUT2D eigenvalue weighted by molar-refractivity contribution is -0.104. The van der Waals surface area contributed by atoms with Gasteiger partial charge in [0.1, 0.15) is 12.4 Å². The first-order chi connectivity index (χ1) is 7.65. The van der Waals surface area contributed by atoms with Gasteiger partial charge in [0.15, 0.2) is 8.32 Å². The second-order valence-corrected chi connectivity index (χ2v) is 10.3. The number of allylic oxidation sites excluding steroid dienone is 1. The van der Waals surface area contributed by atoms with Crippen LogP contribution in [0.1, 0.15) is 20.8 Å². The van der Waals surface area contributed by atoms with Crippen LogP contribution >= 0.6 is 0 Å². The van der Waals surface area contributed by atoms with Crippen LogP contribution in [0.4, 0.5) is 0 Å². The molecule has 0 amide bonds. The zero-order valence-electron chi connectivity index (χ0n) is 11.4. The topological polar surface area (TPSA) is 46.5 Å². The van der Waals surface area contributed by atoms with Gasteiger partial charge in [-0.3, -0.25) is 4.79 Å². The van der Waals surface area contributed by atoms with E-state index in [1.165, 1.54) is 12.2 Å². The maximum Gasteiger partial charge on any atom is 0.193 e. The molecule has 0 aromatic heterocycles. The van der Waals surface area contributed by atoms with Gasteiger partial charge in [-0.1, -0.05) is 32.9 Å². The Bertz CT molecular complexity index is 290. The first kappa shape index (κ1) is 16.3. The molecule has 98 valence electrons. The van der Waals surface area contributed by atoms with Crippen LogP contribution in [0.15, 0.2) is 24.8 Å². The van der Waals surface area contributed by atoms with Crippen molar-refractivity contribution in [1.29, 1.82) is 0 Å². The summed E-state index contributed by atoms with van der Waals surface area (Å²) >= 11 is 0. The summed E-state index contributed by atoms with van der Waals surface area (Å²) in [5.74, 6) is 0. The number of carbonyl (C=O) groups is 1. The lowest BCUT2D eigenvalue weighted by Crippen LogP contribution is -2.46. The van der Waals surface area contributed by atoms with E-state index >= 15 is 0 Å². The SMILES string of the molecule is C=C[C@@H](O[Si](C)(C)C(C)(C)C)[C@H](O)/C=C/C=O. The molecule has 0 bridgehead atoms. The molecule has 0 rings (SSSR count). The van der Waals surface area contributed by atoms with Crippen molar-refractivity contribution in [3.63, 3.8) is 0 Å². The van der Waals surface area contributed by atoms with Gasteiger partial charge in [-0.05, 0) is 24.2 Å². The molecule has 0 unspecified atom stereocenters. The molecule has 1 N–H and O–H groups in total. The molecule has 0 aliphatic carbocycles. The van der Waals surface area contributed by atoms with Crippen LogP contribution in [-0.4, -0.2) is 31.9 Å². The van der Waals surface area contributed by atoms with Crippen molar-refractivity contribution in [3.05, 3.63) is 24.8 Å². The van der Waals surface area contributed by atoms with Crippen molar-refractivity contribution in [2.24, 2.45) is 0 Å². The van der Waals surface area contributed by atoms with Crippen LogP contribution in [0.3, 0.4) is 0 Å². The molecule has 0 aromatic carbocycles. The molecule has 0 spiro atoms. The Hall–Kier alpha value is -0.713. The smallest absolute Gasteiger partial charge is 0.193 e. The Labute approximate surface area is 105 Å². The maximum absolute atomic E-state index is 10.2. The Morgan fingerprint density at radius 1 is 1.35 bits per heavy atom. The lowest BCUT2D eigenvalue weighted by Gasteiger charge is -2.39. The van der Waals surface area contributed by atoms with Gasteiger partial charge in [-0.2, -0.15) is 0 Å². The van der Waals surface area contributed by atoms with Crippen LogP contribution in [-0.2, 0) is 9.22 Å². The number of hydrogen-bond donors (Lipinski definition) is 1. The van der Waals surface area contributed by atoms with Crippen LogP contribution in [0.5, 0.6) is 0 Å². The molecule has 0 saturated heterocycles. The Kier molecular flexibility index (Phi) is 6.02. The van der Waals surface area contributed by atoms with Crippen molar-refractivity contribution in [1.82, 2.24) is 0 Å². The van der Waals surface area contributed by atoms with Gasteiger partial charge in [-0.25, -0.2) is 0 Å². The van der Waals surface area contributed by atoms with Crippen LogP contribution in [0, 0.1) is 0 Å². The maximum atomic E-state index is 10.2. The van der Waals surface area contributed by atoms with Crippen LogP contribution in [0.25, 0.3) is 0 Å². The van der Waals surface area contributed by atoms with Crippen LogP contribution in [0.2, 0.25) is 18.1 Å². The number of aliphatic hydroxyl groups excluding tert-OH is 1. The second-order valence-electron chi connectivity index (χ2n) is 5.59. The second kappa shape index (κ2) is 6.28. The van der Waals surface area contributed by atoms with Crippen molar-refractivity contribution in [2.45, 2.75) is 51.1 Å². The number of rotatable bonds is 6. The molecule has 3 nitrogen and oxygen atoms in total. The zero-order valence-corrected chi connectivity index (χ0v) is 12.4. The van der Waals surface area contributed by atoms with E-state index in [9.17, 15) is 9.90 Å². The summed E-state index contributed by atoms with van der Waals surface area (Å²) in [6.45, 7) is 14.3. The van der Waals surface area contributed by atoms with E-state index in [-0.39, 0.29) is 5.04 Å². The summed E-state index contributed by atoms with van der Waals surface area (Å²) in [5.41, 5.74) is 0. The standard InChI is InChI=1S/C13H24O3Si/c1-7-12(11(15)9-8-10-14)16-17(5,6)13(2,3)4/h7-12,15H,1H2,2-6H3/b9-8+/t11-,12-/m1/s1. The number of aldehydes is 1. The average molecular weight is 256 g/mol. The Balaban J connectivity index is 4.77. The first-order valence-corrected chi connectivity index (χ1v) is 8.67. The Morgan fingerprint density at radius 2 is 1.88 bits per heavy atom. The van der Waals surface area contributed by atoms with Gasteiger partial charge in [0.25, 0.3) is 0 Å². The van der Waals surface area contributed by atoms with E-state index in [2.05, 4.69) is 40.4 Å². The third-order valence-corrected chi connectivity index (χ3v) is 7.67. The fourth-order valence-corrected chi connectivity index (χ4v) is 2.31. The molecular formula is C13H24O3Si. The van der Waals surface area contributed by atoms with Gasteiger partial charge in [-0.15, -0.1) is 6.58 Å².